The molecule has 0 fully saturated rings. The van der Waals surface area contributed by atoms with Gasteiger partial charge in [-0.1, -0.05) is 5.21 Å². The highest BCUT2D eigenvalue weighted by Crippen LogP contribution is 2.25. The summed E-state index contributed by atoms with van der Waals surface area (Å²) in [5.74, 6) is -3.70. The number of halogens is 3. The lowest BCUT2D eigenvalue weighted by Crippen LogP contribution is -1.99. The van der Waals surface area contributed by atoms with Gasteiger partial charge in [-0.25, -0.2) is 13.5 Å². The molecular formula is C9H4F3N5. The lowest BCUT2D eigenvalue weighted by atomic mass is 10.2. The second kappa shape index (κ2) is 3.12. The molecule has 0 saturated carbocycles. The Morgan fingerprint density at radius 3 is 2.76 bits per heavy atom. The van der Waals surface area contributed by atoms with Gasteiger partial charge in [0.1, 0.15) is 11.0 Å². The van der Waals surface area contributed by atoms with Crippen molar-refractivity contribution in [3.63, 3.8) is 0 Å². The summed E-state index contributed by atoms with van der Waals surface area (Å²) in [6.07, 6.45) is 0.684. The lowest BCUT2D eigenvalue weighted by Gasteiger charge is -2.02. The Labute approximate surface area is 91.9 Å². The molecule has 0 spiro atoms. The summed E-state index contributed by atoms with van der Waals surface area (Å²) < 4.78 is 41.3. The number of pyridine rings is 2. The summed E-state index contributed by atoms with van der Waals surface area (Å²) in [4.78, 5) is 7.09. The van der Waals surface area contributed by atoms with Gasteiger partial charge < -0.3 is 0 Å². The number of hydrogen-bond donors (Lipinski definition) is 0. The zero-order valence-corrected chi connectivity index (χ0v) is 8.45. The van der Waals surface area contributed by atoms with Crippen LogP contribution in [0.4, 0.5) is 13.2 Å². The highest BCUT2D eigenvalue weighted by molar-refractivity contribution is 5.99. The van der Waals surface area contributed by atoms with E-state index in [1.54, 1.807) is 0 Å². The first kappa shape index (κ1) is 9.94. The molecule has 3 heterocycles. The highest BCUT2D eigenvalue weighted by atomic mass is 19.2. The van der Waals surface area contributed by atoms with Crippen LogP contribution in [0.1, 0.15) is 0 Å². The van der Waals surface area contributed by atoms with E-state index in [1.165, 1.54) is 11.7 Å². The van der Waals surface area contributed by atoms with Crippen molar-refractivity contribution >= 4 is 22.1 Å². The van der Waals surface area contributed by atoms with Crippen LogP contribution in [0.2, 0.25) is 0 Å². The van der Waals surface area contributed by atoms with Crippen LogP contribution >= 0.6 is 0 Å². The normalized spacial score (nSPS) is 11.5. The minimum atomic E-state index is -1.32. The third-order valence-corrected chi connectivity index (χ3v) is 2.42. The summed E-state index contributed by atoms with van der Waals surface area (Å²) in [6.45, 7) is 0. The van der Waals surface area contributed by atoms with Gasteiger partial charge >= 0.3 is 0 Å². The number of fused-ring (bicyclic) bond motifs is 3. The van der Waals surface area contributed by atoms with E-state index >= 15 is 0 Å². The number of aryl methyl sites for hydroxylation is 1. The highest BCUT2D eigenvalue weighted by Gasteiger charge is 2.19. The fraction of sp³-hybridized carbons (Fsp3) is 0.111. The van der Waals surface area contributed by atoms with Crippen molar-refractivity contribution in [3.05, 3.63) is 23.8 Å². The molecule has 3 aromatic rings. The molecule has 3 aromatic heterocycles. The third kappa shape index (κ3) is 1.20. The molecule has 5 nitrogen and oxygen atoms in total. The van der Waals surface area contributed by atoms with Crippen LogP contribution in [-0.4, -0.2) is 25.0 Å². The zero-order valence-electron chi connectivity index (χ0n) is 8.45. The maximum absolute atomic E-state index is 13.5. The van der Waals surface area contributed by atoms with E-state index in [4.69, 9.17) is 0 Å². The Kier molecular flexibility index (Phi) is 1.83. The van der Waals surface area contributed by atoms with E-state index in [0.29, 0.717) is 6.20 Å². The van der Waals surface area contributed by atoms with Crippen LogP contribution in [0.5, 0.6) is 0 Å². The minimum Gasteiger partial charge on any atom is -0.250 e. The van der Waals surface area contributed by atoms with Gasteiger partial charge in [0.15, 0.2) is 11.6 Å². The second-order valence-electron chi connectivity index (χ2n) is 3.43. The lowest BCUT2D eigenvalue weighted by molar-refractivity contribution is 0.505. The number of rotatable bonds is 0. The molecule has 0 aliphatic rings. The van der Waals surface area contributed by atoms with E-state index in [2.05, 4.69) is 20.3 Å². The first-order valence-corrected chi connectivity index (χ1v) is 4.58. The predicted molar refractivity (Wildman–Crippen MR) is 51.5 cm³/mol. The van der Waals surface area contributed by atoms with Crippen molar-refractivity contribution in [1.82, 2.24) is 25.0 Å². The van der Waals surface area contributed by atoms with Gasteiger partial charge in [-0.05, 0) is 0 Å². The summed E-state index contributed by atoms with van der Waals surface area (Å²) in [5.41, 5.74) is 0.190. The Morgan fingerprint density at radius 2 is 2.00 bits per heavy atom. The summed E-state index contributed by atoms with van der Waals surface area (Å²) in [6, 6.07) is 0. The molecule has 0 atom stereocenters. The number of hydrogen-bond acceptors (Lipinski definition) is 4. The maximum Gasteiger partial charge on any atom is 0.227 e. The van der Waals surface area contributed by atoms with Crippen molar-refractivity contribution in [2.75, 3.05) is 0 Å². The first-order valence-electron chi connectivity index (χ1n) is 4.58. The molecule has 0 N–H and O–H groups in total. The van der Waals surface area contributed by atoms with Gasteiger partial charge in [0.05, 0.1) is 11.6 Å². The topological polar surface area (TPSA) is 56.5 Å². The Morgan fingerprint density at radius 1 is 1.24 bits per heavy atom. The summed E-state index contributed by atoms with van der Waals surface area (Å²) in [5, 5.41) is 6.61. The van der Waals surface area contributed by atoms with Crippen LogP contribution in [0, 0.1) is 17.6 Å². The van der Waals surface area contributed by atoms with Crippen molar-refractivity contribution in [1.29, 1.82) is 0 Å². The fourth-order valence-electron chi connectivity index (χ4n) is 1.66. The van der Waals surface area contributed by atoms with Gasteiger partial charge in [-0.15, -0.1) is 5.10 Å². The van der Waals surface area contributed by atoms with E-state index in [0.717, 1.165) is 0 Å². The van der Waals surface area contributed by atoms with Crippen LogP contribution in [0.15, 0.2) is 6.20 Å². The fourth-order valence-corrected chi connectivity index (χ4v) is 1.66. The Bertz CT molecular complexity index is 751. The molecule has 0 aliphatic heterocycles. The largest absolute Gasteiger partial charge is 0.250 e. The van der Waals surface area contributed by atoms with Crippen LogP contribution in [0.25, 0.3) is 22.1 Å². The molecule has 17 heavy (non-hydrogen) atoms. The van der Waals surface area contributed by atoms with Gasteiger partial charge in [-0.3, -0.25) is 4.98 Å². The van der Waals surface area contributed by atoms with Gasteiger partial charge in [-0.2, -0.15) is 9.37 Å². The van der Waals surface area contributed by atoms with Gasteiger partial charge in [0, 0.05) is 7.05 Å². The van der Waals surface area contributed by atoms with E-state index in [9.17, 15) is 13.2 Å². The van der Waals surface area contributed by atoms with Crippen LogP contribution in [0.3, 0.4) is 0 Å². The molecule has 86 valence electrons. The monoisotopic (exact) mass is 239 g/mol. The molecule has 0 radical (unpaired) electrons. The maximum atomic E-state index is 13.5. The van der Waals surface area contributed by atoms with Crippen molar-refractivity contribution in [2.45, 2.75) is 0 Å². The summed E-state index contributed by atoms with van der Waals surface area (Å²) in [7, 11) is 1.53. The number of nitrogens with zero attached hydrogens (tertiary/aromatic N) is 5. The molecular weight excluding hydrogens is 235 g/mol. The molecule has 0 aromatic carbocycles. The van der Waals surface area contributed by atoms with E-state index in [1.807, 2.05) is 0 Å². The molecule has 0 unspecified atom stereocenters. The molecule has 0 amide bonds. The Hall–Kier alpha value is -2.25. The molecule has 0 saturated heterocycles. The van der Waals surface area contributed by atoms with Crippen LogP contribution < -0.4 is 0 Å². The summed E-state index contributed by atoms with van der Waals surface area (Å²) >= 11 is 0. The van der Waals surface area contributed by atoms with Gasteiger partial charge in [0.25, 0.3) is 0 Å². The number of aromatic nitrogens is 5. The van der Waals surface area contributed by atoms with Crippen LogP contribution in [-0.2, 0) is 7.05 Å². The van der Waals surface area contributed by atoms with Crippen molar-refractivity contribution in [3.8, 4) is 0 Å². The average molecular weight is 239 g/mol. The van der Waals surface area contributed by atoms with Gasteiger partial charge in [0.2, 0.25) is 11.6 Å². The second-order valence-corrected chi connectivity index (χ2v) is 3.43. The van der Waals surface area contributed by atoms with E-state index in [-0.39, 0.29) is 16.7 Å². The van der Waals surface area contributed by atoms with Crippen molar-refractivity contribution < 1.29 is 13.2 Å². The quantitative estimate of drug-likeness (QED) is 0.555. The van der Waals surface area contributed by atoms with E-state index < -0.39 is 23.0 Å². The standard InChI is InChI=1S/C9H4F3N5/c1-17-7-6-4(5(11)3(10)2-13-6)8(12)14-9(7)15-16-17/h2H,1H3. The van der Waals surface area contributed by atoms with Crippen molar-refractivity contribution in [2.24, 2.45) is 7.05 Å². The molecule has 0 aliphatic carbocycles. The molecule has 8 heteroatoms. The Balaban J connectivity index is 2.66. The molecule has 0 bridgehead atoms. The smallest absolute Gasteiger partial charge is 0.227 e. The average Bonchev–Trinajstić information content (AvgIpc) is 2.65. The third-order valence-electron chi connectivity index (χ3n) is 2.42. The predicted octanol–water partition coefficient (Wildman–Crippen LogP) is 1.33. The molecule has 3 rings (SSSR count). The zero-order chi connectivity index (χ0) is 12.2. The first-order chi connectivity index (χ1) is 8.09. The minimum absolute atomic E-state index is 0.00370. The SMILES string of the molecule is Cn1nnc2nc(F)c3c(F)c(F)cnc3c21.